The Morgan fingerprint density at radius 3 is 2.31 bits per heavy atom. The van der Waals surface area contributed by atoms with Crippen molar-refractivity contribution in [2.24, 2.45) is 0 Å². The van der Waals surface area contributed by atoms with Crippen LogP contribution in [0.3, 0.4) is 0 Å². The van der Waals surface area contributed by atoms with Crippen molar-refractivity contribution < 1.29 is 4.79 Å². The monoisotopic (exact) mass is 437 g/mol. The summed E-state index contributed by atoms with van der Waals surface area (Å²) >= 11 is 13.7. The molecule has 0 saturated heterocycles. The van der Waals surface area contributed by atoms with Gasteiger partial charge in [0, 0.05) is 12.1 Å². The van der Waals surface area contributed by atoms with Crippen molar-refractivity contribution in [2.75, 3.05) is 0 Å². The SMILES string of the molecule is O=C(NCc1ccccc1-c1ccsc1)c1ccc(-c2ccc(Cl)c(Cl)c2)cc1. The van der Waals surface area contributed by atoms with Crippen LogP contribution >= 0.6 is 34.5 Å². The molecule has 0 spiro atoms. The minimum atomic E-state index is -0.106. The lowest BCUT2D eigenvalue weighted by molar-refractivity contribution is 0.0951. The van der Waals surface area contributed by atoms with Gasteiger partial charge < -0.3 is 5.32 Å². The van der Waals surface area contributed by atoms with E-state index >= 15 is 0 Å². The summed E-state index contributed by atoms with van der Waals surface area (Å²) in [4.78, 5) is 12.6. The number of carbonyl (C=O) groups excluding carboxylic acids is 1. The number of rotatable bonds is 5. The fourth-order valence-electron chi connectivity index (χ4n) is 3.14. The Balaban J connectivity index is 1.47. The number of carbonyl (C=O) groups is 1. The van der Waals surface area contributed by atoms with Crippen LogP contribution in [-0.4, -0.2) is 5.91 Å². The minimum absolute atomic E-state index is 0.106. The molecule has 0 aliphatic heterocycles. The van der Waals surface area contributed by atoms with E-state index in [-0.39, 0.29) is 5.91 Å². The van der Waals surface area contributed by atoms with E-state index < -0.39 is 0 Å². The van der Waals surface area contributed by atoms with E-state index in [0.717, 1.165) is 22.3 Å². The third-order valence-corrected chi connectivity index (χ3v) is 6.11. The second kappa shape index (κ2) is 8.83. The molecular weight excluding hydrogens is 421 g/mol. The molecule has 4 rings (SSSR count). The van der Waals surface area contributed by atoms with Gasteiger partial charge in [0.2, 0.25) is 0 Å². The summed E-state index contributed by atoms with van der Waals surface area (Å²) in [5.41, 5.74) is 5.95. The lowest BCUT2D eigenvalue weighted by Gasteiger charge is -2.10. The predicted octanol–water partition coefficient (Wildman–Crippen LogP) is 7.32. The van der Waals surface area contributed by atoms with Gasteiger partial charge in [-0.1, -0.05) is 65.7 Å². The van der Waals surface area contributed by atoms with E-state index in [0.29, 0.717) is 22.2 Å². The molecule has 1 heterocycles. The maximum absolute atomic E-state index is 12.6. The largest absolute Gasteiger partial charge is 0.348 e. The number of nitrogens with one attached hydrogen (secondary N) is 1. The summed E-state index contributed by atoms with van der Waals surface area (Å²) in [5, 5.41) is 8.22. The molecule has 2 nitrogen and oxygen atoms in total. The quantitative estimate of drug-likeness (QED) is 0.348. The number of hydrogen-bond donors (Lipinski definition) is 1. The van der Waals surface area contributed by atoms with Gasteiger partial charge in [0.05, 0.1) is 10.0 Å². The molecule has 1 N–H and O–H groups in total. The molecular formula is C24H17Cl2NOS. The van der Waals surface area contributed by atoms with Gasteiger partial charge in [-0.2, -0.15) is 11.3 Å². The average Bonchev–Trinajstić information content (AvgIpc) is 3.29. The highest BCUT2D eigenvalue weighted by Crippen LogP contribution is 2.29. The van der Waals surface area contributed by atoms with Crippen LogP contribution in [0.4, 0.5) is 0 Å². The van der Waals surface area contributed by atoms with E-state index in [1.165, 1.54) is 5.56 Å². The molecule has 29 heavy (non-hydrogen) atoms. The molecule has 0 atom stereocenters. The van der Waals surface area contributed by atoms with Crippen molar-refractivity contribution in [3.05, 3.63) is 105 Å². The zero-order chi connectivity index (χ0) is 20.2. The first-order valence-corrected chi connectivity index (χ1v) is 10.8. The van der Waals surface area contributed by atoms with E-state index in [1.54, 1.807) is 17.4 Å². The maximum Gasteiger partial charge on any atom is 0.251 e. The molecule has 0 aliphatic rings. The number of benzene rings is 3. The van der Waals surface area contributed by atoms with E-state index in [4.69, 9.17) is 23.2 Å². The highest BCUT2D eigenvalue weighted by atomic mass is 35.5. The summed E-state index contributed by atoms with van der Waals surface area (Å²) in [6.45, 7) is 0.472. The Bertz CT molecular complexity index is 1140. The van der Waals surface area contributed by atoms with Crippen LogP contribution < -0.4 is 5.32 Å². The van der Waals surface area contributed by atoms with Crippen LogP contribution in [0.25, 0.3) is 22.3 Å². The Kier molecular flexibility index (Phi) is 6.00. The van der Waals surface area contributed by atoms with Crippen molar-refractivity contribution in [3.8, 4) is 22.3 Å². The summed E-state index contributed by atoms with van der Waals surface area (Å²) in [6, 6.07) is 23.2. The smallest absolute Gasteiger partial charge is 0.251 e. The number of halogens is 2. The van der Waals surface area contributed by atoms with Crippen molar-refractivity contribution >= 4 is 40.4 Å². The summed E-state index contributed by atoms with van der Waals surface area (Å²) in [5.74, 6) is -0.106. The number of hydrogen-bond acceptors (Lipinski definition) is 2. The van der Waals surface area contributed by atoms with Crippen LogP contribution in [0.5, 0.6) is 0 Å². The van der Waals surface area contributed by atoms with Crippen LogP contribution in [0, 0.1) is 0 Å². The van der Waals surface area contributed by atoms with E-state index in [1.807, 2.05) is 54.6 Å². The molecule has 0 unspecified atom stereocenters. The van der Waals surface area contributed by atoms with Crippen molar-refractivity contribution in [1.29, 1.82) is 0 Å². The fourth-order valence-corrected chi connectivity index (χ4v) is 4.10. The van der Waals surface area contributed by atoms with Crippen LogP contribution in [0.15, 0.2) is 83.6 Å². The van der Waals surface area contributed by atoms with E-state index in [9.17, 15) is 4.79 Å². The minimum Gasteiger partial charge on any atom is -0.348 e. The highest BCUT2D eigenvalue weighted by Gasteiger charge is 2.09. The predicted molar refractivity (Wildman–Crippen MR) is 123 cm³/mol. The van der Waals surface area contributed by atoms with Gasteiger partial charge in [-0.25, -0.2) is 0 Å². The first-order valence-electron chi connectivity index (χ1n) is 9.06. The first-order chi connectivity index (χ1) is 14.1. The second-order valence-corrected chi connectivity index (χ2v) is 8.15. The molecule has 3 aromatic carbocycles. The highest BCUT2D eigenvalue weighted by molar-refractivity contribution is 7.08. The Hall–Kier alpha value is -2.59. The van der Waals surface area contributed by atoms with Gasteiger partial charge in [-0.15, -0.1) is 0 Å². The Labute approximate surface area is 183 Å². The fraction of sp³-hybridized carbons (Fsp3) is 0.0417. The van der Waals surface area contributed by atoms with Crippen molar-refractivity contribution in [3.63, 3.8) is 0 Å². The van der Waals surface area contributed by atoms with Gasteiger partial charge in [-0.3, -0.25) is 4.79 Å². The Morgan fingerprint density at radius 1 is 0.828 bits per heavy atom. The summed E-state index contributed by atoms with van der Waals surface area (Å²) in [7, 11) is 0. The van der Waals surface area contributed by atoms with Gasteiger partial charge in [0.15, 0.2) is 0 Å². The molecule has 1 amide bonds. The van der Waals surface area contributed by atoms with Gasteiger partial charge >= 0.3 is 0 Å². The molecule has 0 fully saturated rings. The topological polar surface area (TPSA) is 29.1 Å². The third-order valence-electron chi connectivity index (χ3n) is 4.69. The maximum atomic E-state index is 12.6. The average molecular weight is 438 g/mol. The molecule has 5 heteroatoms. The molecule has 4 aromatic rings. The molecule has 0 radical (unpaired) electrons. The number of thiophene rings is 1. The third kappa shape index (κ3) is 4.54. The molecule has 0 saturated carbocycles. The van der Waals surface area contributed by atoms with Crippen molar-refractivity contribution in [1.82, 2.24) is 5.32 Å². The molecule has 0 bridgehead atoms. The van der Waals surface area contributed by atoms with Crippen LogP contribution in [-0.2, 0) is 6.54 Å². The van der Waals surface area contributed by atoms with Crippen LogP contribution in [0.1, 0.15) is 15.9 Å². The molecule has 0 aliphatic carbocycles. The molecule has 144 valence electrons. The normalized spacial score (nSPS) is 10.7. The zero-order valence-corrected chi connectivity index (χ0v) is 17.7. The van der Waals surface area contributed by atoms with Gasteiger partial charge in [-0.05, 0) is 68.9 Å². The van der Waals surface area contributed by atoms with Gasteiger partial charge in [0.1, 0.15) is 0 Å². The van der Waals surface area contributed by atoms with Crippen LogP contribution in [0.2, 0.25) is 10.0 Å². The second-order valence-electron chi connectivity index (χ2n) is 6.56. The summed E-state index contributed by atoms with van der Waals surface area (Å²) < 4.78 is 0. The summed E-state index contributed by atoms with van der Waals surface area (Å²) in [6.07, 6.45) is 0. The first kappa shape index (κ1) is 19.7. The van der Waals surface area contributed by atoms with Gasteiger partial charge in [0.25, 0.3) is 5.91 Å². The number of amides is 1. The zero-order valence-electron chi connectivity index (χ0n) is 15.4. The lowest BCUT2D eigenvalue weighted by atomic mass is 10.0. The standard InChI is InChI=1S/C24H17Cl2NOS/c25-22-10-9-18(13-23(22)26)16-5-7-17(8-6-16)24(28)27-14-19-3-1-2-4-21(19)20-11-12-29-15-20/h1-13,15H,14H2,(H,27,28). The van der Waals surface area contributed by atoms with E-state index in [2.05, 4.69) is 28.2 Å². The molecule has 1 aromatic heterocycles. The van der Waals surface area contributed by atoms with Crippen molar-refractivity contribution in [2.45, 2.75) is 6.54 Å². The lowest BCUT2D eigenvalue weighted by Crippen LogP contribution is -2.23. The Morgan fingerprint density at radius 2 is 1.59 bits per heavy atom.